The Morgan fingerprint density at radius 1 is 1.29 bits per heavy atom. The van der Waals surface area contributed by atoms with E-state index in [2.05, 4.69) is 5.32 Å². The number of nitrogens with one attached hydrogen (secondary N) is 1. The van der Waals surface area contributed by atoms with Gasteiger partial charge in [0, 0.05) is 24.1 Å². The summed E-state index contributed by atoms with van der Waals surface area (Å²) in [7, 11) is 1.50. The largest absolute Gasteiger partial charge is 0.380 e. The highest BCUT2D eigenvalue weighted by molar-refractivity contribution is 5.90. The van der Waals surface area contributed by atoms with Crippen molar-refractivity contribution in [3.05, 3.63) is 63.1 Å². The Kier molecular flexibility index (Phi) is 5.51. The number of aromatic nitrogens is 1. The molecular weight excluding hydrogens is 306 g/mol. The summed E-state index contributed by atoms with van der Waals surface area (Å²) >= 11 is 0. The zero-order valence-corrected chi connectivity index (χ0v) is 13.9. The van der Waals surface area contributed by atoms with Crippen molar-refractivity contribution < 1.29 is 9.53 Å². The van der Waals surface area contributed by atoms with Crippen LogP contribution in [0.15, 0.2) is 35.1 Å². The summed E-state index contributed by atoms with van der Waals surface area (Å²) < 4.78 is 6.30. The molecular formula is C18H19N3O3. The summed E-state index contributed by atoms with van der Waals surface area (Å²) in [6, 6.07) is 11.0. The Hall–Kier alpha value is -2.91. The number of carbonyl (C=O) groups excluding carboxylic acids is 1. The number of aryl methyl sites for hydroxylation is 2. The van der Waals surface area contributed by atoms with Crippen molar-refractivity contribution in [1.82, 2.24) is 4.57 Å². The molecule has 0 fully saturated rings. The van der Waals surface area contributed by atoms with Gasteiger partial charge in [-0.15, -0.1) is 0 Å². The average Bonchev–Trinajstić information content (AvgIpc) is 2.54. The zero-order chi connectivity index (χ0) is 17.7. The van der Waals surface area contributed by atoms with E-state index in [9.17, 15) is 14.9 Å². The summed E-state index contributed by atoms with van der Waals surface area (Å²) in [4.78, 5) is 24.7. The fourth-order valence-electron chi connectivity index (χ4n) is 2.40. The summed E-state index contributed by atoms with van der Waals surface area (Å²) in [5, 5.41) is 12.0. The summed E-state index contributed by atoms with van der Waals surface area (Å²) in [6.07, 6.45) is 0. The fourth-order valence-corrected chi connectivity index (χ4v) is 2.40. The highest BCUT2D eigenvalue weighted by atomic mass is 16.5. The number of nitriles is 1. The van der Waals surface area contributed by atoms with Gasteiger partial charge in [-0.05, 0) is 32.0 Å². The van der Waals surface area contributed by atoms with Crippen LogP contribution in [0.2, 0.25) is 0 Å². The summed E-state index contributed by atoms with van der Waals surface area (Å²) in [5.41, 5.74) is 2.40. The van der Waals surface area contributed by atoms with E-state index in [4.69, 9.17) is 4.74 Å². The van der Waals surface area contributed by atoms with Crippen LogP contribution in [0.4, 0.5) is 5.69 Å². The number of hydrogen-bond acceptors (Lipinski definition) is 4. The minimum atomic E-state index is -0.483. The average molecular weight is 325 g/mol. The van der Waals surface area contributed by atoms with Crippen molar-refractivity contribution in [1.29, 1.82) is 5.26 Å². The molecule has 6 heteroatoms. The first-order valence-electron chi connectivity index (χ1n) is 7.45. The number of nitrogens with zero attached hydrogens (tertiary/aromatic N) is 2. The Morgan fingerprint density at radius 2 is 1.96 bits per heavy atom. The fraction of sp³-hybridized carbons (Fsp3) is 0.278. The SMILES string of the molecule is COCc1cc(C)n(CC(=O)Nc2ccc(C)cc2)c(=O)c1C#N. The Labute approximate surface area is 140 Å². The van der Waals surface area contributed by atoms with Crippen LogP contribution in [-0.4, -0.2) is 17.6 Å². The molecule has 1 heterocycles. The lowest BCUT2D eigenvalue weighted by atomic mass is 10.1. The van der Waals surface area contributed by atoms with Crippen molar-refractivity contribution in [3.8, 4) is 6.07 Å². The van der Waals surface area contributed by atoms with E-state index in [-0.39, 0.29) is 24.6 Å². The minimum Gasteiger partial charge on any atom is -0.380 e. The zero-order valence-electron chi connectivity index (χ0n) is 13.9. The highest BCUT2D eigenvalue weighted by Gasteiger charge is 2.15. The molecule has 1 amide bonds. The normalized spacial score (nSPS) is 10.2. The van der Waals surface area contributed by atoms with Crippen molar-refractivity contribution in [2.75, 3.05) is 12.4 Å². The molecule has 0 unspecified atom stereocenters. The van der Waals surface area contributed by atoms with E-state index in [1.165, 1.54) is 11.7 Å². The quantitative estimate of drug-likeness (QED) is 0.912. The van der Waals surface area contributed by atoms with Crippen molar-refractivity contribution in [3.63, 3.8) is 0 Å². The van der Waals surface area contributed by atoms with Crippen LogP contribution in [0.5, 0.6) is 0 Å². The number of anilines is 1. The van der Waals surface area contributed by atoms with E-state index in [1.807, 2.05) is 25.1 Å². The van der Waals surface area contributed by atoms with Gasteiger partial charge in [0.2, 0.25) is 5.91 Å². The summed E-state index contributed by atoms with van der Waals surface area (Å²) in [6.45, 7) is 3.70. The molecule has 1 aromatic carbocycles. The van der Waals surface area contributed by atoms with Crippen molar-refractivity contribution in [2.24, 2.45) is 0 Å². The molecule has 1 N–H and O–H groups in total. The maximum Gasteiger partial charge on any atom is 0.269 e. The number of ether oxygens (including phenoxy) is 1. The monoisotopic (exact) mass is 325 g/mol. The maximum atomic E-state index is 12.5. The standard InChI is InChI=1S/C18H19N3O3/c1-12-4-6-15(7-5-12)20-17(22)10-21-13(2)8-14(11-24-3)16(9-19)18(21)23/h4-8H,10-11H2,1-3H3,(H,20,22). The second-order valence-corrected chi connectivity index (χ2v) is 5.54. The molecule has 24 heavy (non-hydrogen) atoms. The first kappa shape index (κ1) is 17.4. The highest BCUT2D eigenvalue weighted by Crippen LogP contribution is 2.10. The van der Waals surface area contributed by atoms with E-state index in [1.54, 1.807) is 25.1 Å². The molecule has 1 aromatic heterocycles. The number of hydrogen-bond donors (Lipinski definition) is 1. The molecule has 0 saturated heterocycles. The predicted molar refractivity (Wildman–Crippen MR) is 90.7 cm³/mol. The van der Waals surface area contributed by atoms with Gasteiger partial charge in [-0.3, -0.25) is 9.59 Å². The molecule has 6 nitrogen and oxygen atoms in total. The molecule has 0 radical (unpaired) electrons. The molecule has 0 spiro atoms. The second-order valence-electron chi connectivity index (χ2n) is 5.54. The van der Waals surface area contributed by atoms with Gasteiger partial charge in [0.25, 0.3) is 5.56 Å². The van der Waals surface area contributed by atoms with E-state index < -0.39 is 5.56 Å². The van der Waals surface area contributed by atoms with Gasteiger partial charge in [0.1, 0.15) is 18.2 Å². The lowest BCUT2D eigenvalue weighted by Gasteiger charge is -2.13. The third-order valence-electron chi connectivity index (χ3n) is 3.64. The number of carbonyl (C=O) groups is 1. The number of benzene rings is 1. The van der Waals surface area contributed by atoms with Crippen LogP contribution in [-0.2, 0) is 22.7 Å². The molecule has 0 aliphatic heterocycles. The molecule has 0 atom stereocenters. The molecule has 124 valence electrons. The number of rotatable bonds is 5. The Bertz CT molecular complexity index is 846. The third-order valence-corrected chi connectivity index (χ3v) is 3.64. The lowest BCUT2D eigenvalue weighted by Crippen LogP contribution is -2.31. The van der Waals surface area contributed by atoms with E-state index in [0.717, 1.165) is 5.56 Å². The van der Waals surface area contributed by atoms with E-state index in [0.29, 0.717) is 16.9 Å². The molecule has 2 rings (SSSR count). The van der Waals surface area contributed by atoms with Gasteiger partial charge >= 0.3 is 0 Å². The second kappa shape index (κ2) is 7.57. The summed E-state index contributed by atoms with van der Waals surface area (Å²) in [5.74, 6) is -0.326. The molecule has 0 bridgehead atoms. The van der Waals surface area contributed by atoms with Gasteiger partial charge in [0.05, 0.1) is 6.61 Å². The van der Waals surface area contributed by atoms with Crippen LogP contribution in [0.25, 0.3) is 0 Å². The van der Waals surface area contributed by atoms with Gasteiger partial charge in [-0.2, -0.15) is 5.26 Å². The Balaban J connectivity index is 2.26. The molecule has 0 saturated carbocycles. The van der Waals surface area contributed by atoms with Crippen molar-refractivity contribution >= 4 is 11.6 Å². The number of pyridine rings is 1. The number of methoxy groups -OCH3 is 1. The van der Waals surface area contributed by atoms with Crippen LogP contribution in [0.3, 0.4) is 0 Å². The maximum absolute atomic E-state index is 12.5. The van der Waals surface area contributed by atoms with Gasteiger partial charge in [-0.1, -0.05) is 17.7 Å². The van der Waals surface area contributed by atoms with Gasteiger partial charge in [0.15, 0.2) is 0 Å². The minimum absolute atomic E-state index is 0.00517. The first-order chi connectivity index (χ1) is 11.5. The molecule has 2 aromatic rings. The third kappa shape index (κ3) is 3.89. The van der Waals surface area contributed by atoms with Crippen LogP contribution in [0.1, 0.15) is 22.4 Å². The van der Waals surface area contributed by atoms with Crippen LogP contribution in [0, 0.1) is 25.2 Å². The lowest BCUT2D eigenvalue weighted by molar-refractivity contribution is -0.116. The molecule has 0 aliphatic rings. The smallest absolute Gasteiger partial charge is 0.269 e. The van der Waals surface area contributed by atoms with Crippen LogP contribution >= 0.6 is 0 Å². The van der Waals surface area contributed by atoms with Crippen LogP contribution < -0.4 is 10.9 Å². The van der Waals surface area contributed by atoms with Gasteiger partial charge in [-0.25, -0.2) is 0 Å². The van der Waals surface area contributed by atoms with Crippen molar-refractivity contribution in [2.45, 2.75) is 27.0 Å². The van der Waals surface area contributed by atoms with Gasteiger partial charge < -0.3 is 14.6 Å². The Morgan fingerprint density at radius 3 is 2.54 bits per heavy atom. The molecule has 0 aliphatic carbocycles. The number of amides is 1. The topological polar surface area (TPSA) is 84.1 Å². The first-order valence-corrected chi connectivity index (χ1v) is 7.45. The van der Waals surface area contributed by atoms with E-state index >= 15 is 0 Å². The predicted octanol–water partition coefficient (Wildman–Crippen LogP) is 2.12.